The predicted octanol–water partition coefficient (Wildman–Crippen LogP) is 1.95. The van der Waals surface area contributed by atoms with E-state index < -0.39 is 0 Å². The Morgan fingerprint density at radius 3 is 2.67 bits per heavy atom. The molecule has 0 aromatic carbocycles. The lowest BCUT2D eigenvalue weighted by molar-refractivity contribution is 0.202. The van der Waals surface area contributed by atoms with E-state index in [2.05, 4.69) is 14.9 Å². The normalized spacial score (nSPS) is 27.9. The van der Waals surface area contributed by atoms with Gasteiger partial charge in [-0.1, -0.05) is 19.3 Å². The molecule has 18 heavy (non-hydrogen) atoms. The summed E-state index contributed by atoms with van der Waals surface area (Å²) in [5.41, 5.74) is 6.42. The summed E-state index contributed by atoms with van der Waals surface area (Å²) in [6.45, 7) is 2.77. The maximum absolute atomic E-state index is 5.55. The molecular formula is C14H22N4. The number of anilines is 1. The van der Waals surface area contributed by atoms with Gasteiger partial charge >= 0.3 is 0 Å². The van der Waals surface area contributed by atoms with Gasteiger partial charge in [-0.3, -0.25) is 4.98 Å². The van der Waals surface area contributed by atoms with Crippen molar-refractivity contribution < 1.29 is 0 Å². The van der Waals surface area contributed by atoms with Crippen LogP contribution in [0.3, 0.4) is 0 Å². The first-order chi connectivity index (χ1) is 8.86. The minimum atomic E-state index is 0.470. The second-order valence-electron chi connectivity index (χ2n) is 5.61. The number of nitrogens with two attached hydrogens (primary N) is 1. The fourth-order valence-corrected chi connectivity index (χ4v) is 3.43. The van der Waals surface area contributed by atoms with Gasteiger partial charge in [0.05, 0.1) is 18.1 Å². The highest BCUT2D eigenvalue weighted by Crippen LogP contribution is 2.36. The molecule has 2 aliphatic rings. The van der Waals surface area contributed by atoms with E-state index in [1.807, 2.05) is 12.4 Å². The molecule has 3 rings (SSSR count). The first kappa shape index (κ1) is 11.9. The van der Waals surface area contributed by atoms with Crippen LogP contribution in [-0.4, -0.2) is 23.1 Å². The van der Waals surface area contributed by atoms with E-state index in [9.17, 15) is 0 Å². The zero-order chi connectivity index (χ0) is 12.4. The SMILES string of the molecule is NCc1cnc(N2CCC3CCCCC3C2)cn1. The number of hydrogen-bond donors (Lipinski definition) is 1. The molecule has 1 aromatic rings. The highest BCUT2D eigenvalue weighted by atomic mass is 15.2. The van der Waals surface area contributed by atoms with Crippen LogP contribution in [0.2, 0.25) is 0 Å². The van der Waals surface area contributed by atoms with Crippen molar-refractivity contribution in [2.45, 2.75) is 38.6 Å². The Labute approximate surface area is 109 Å². The van der Waals surface area contributed by atoms with Crippen LogP contribution in [0.4, 0.5) is 5.82 Å². The van der Waals surface area contributed by atoms with Crippen LogP contribution in [0.15, 0.2) is 12.4 Å². The average Bonchev–Trinajstić information content (AvgIpc) is 2.47. The van der Waals surface area contributed by atoms with E-state index >= 15 is 0 Å². The highest BCUT2D eigenvalue weighted by Gasteiger charge is 2.31. The first-order valence-corrected chi connectivity index (χ1v) is 7.13. The standard InChI is InChI=1S/C14H22N4/c15-7-13-8-17-14(9-16-13)18-6-5-11-3-1-2-4-12(11)10-18/h8-9,11-12H,1-7,10,15H2. The van der Waals surface area contributed by atoms with Gasteiger partial charge in [0.2, 0.25) is 0 Å². The molecule has 2 heterocycles. The van der Waals surface area contributed by atoms with Crippen LogP contribution in [0, 0.1) is 11.8 Å². The van der Waals surface area contributed by atoms with E-state index in [-0.39, 0.29) is 0 Å². The second-order valence-corrected chi connectivity index (χ2v) is 5.61. The minimum Gasteiger partial charge on any atom is -0.355 e. The second kappa shape index (κ2) is 5.22. The van der Waals surface area contributed by atoms with E-state index in [0.29, 0.717) is 6.54 Å². The van der Waals surface area contributed by atoms with Gasteiger partial charge in [0.1, 0.15) is 5.82 Å². The summed E-state index contributed by atoms with van der Waals surface area (Å²) in [7, 11) is 0. The molecule has 0 amide bonds. The van der Waals surface area contributed by atoms with Gasteiger partial charge in [-0.15, -0.1) is 0 Å². The maximum Gasteiger partial charge on any atom is 0.147 e. The third-order valence-electron chi connectivity index (χ3n) is 4.52. The van der Waals surface area contributed by atoms with E-state index in [1.165, 1.54) is 38.6 Å². The van der Waals surface area contributed by atoms with Gasteiger partial charge in [-0.25, -0.2) is 4.98 Å². The molecule has 4 heteroatoms. The van der Waals surface area contributed by atoms with Gasteiger partial charge in [0.15, 0.2) is 0 Å². The molecule has 98 valence electrons. The molecule has 0 bridgehead atoms. The number of fused-ring (bicyclic) bond motifs is 1. The van der Waals surface area contributed by atoms with Gasteiger partial charge in [-0.05, 0) is 24.7 Å². The molecule has 2 unspecified atom stereocenters. The average molecular weight is 246 g/mol. The Balaban J connectivity index is 1.69. The molecule has 2 atom stereocenters. The Bertz CT molecular complexity index is 389. The molecule has 1 aromatic heterocycles. The summed E-state index contributed by atoms with van der Waals surface area (Å²) in [6.07, 6.45) is 10.7. The topological polar surface area (TPSA) is 55.0 Å². The third kappa shape index (κ3) is 2.34. The van der Waals surface area contributed by atoms with Crippen molar-refractivity contribution in [1.29, 1.82) is 0 Å². The van der Waals surface area contributed by atoms with Crippen molar-refractivity contribution in [3.05, 3.63) is 18.1 Å². The van der Waals surface area contributed by atoms with Crippen LogP contribution in [0.25, 0.3) is 0 Å². The summed E-state index contributed by atoms with van der Waals surface area (Å²) in [4.78, 5) is 11.2. The van der Waals surface area contributed by atoms with Crippen molar-refractivity contribution in [3.63, 3.8) is 0 Å². The van der Waals surface area contributed by atoms with Crippen molar-refractivity contribution in [2.24, 2.45) is 17.6 Å². The van der Waals surface area contributed by atoms with Crippen molar-refractivity contribution in [1.82, 2.24) is 9.97 Å². The van der Waals surface area contributed by atoms with Gasteiger partial charge in [0, 0.05) is 19.6 Å². The lowest BCUT2D eigenvalue weighted by atomic mass is 9.75. The Hall–Kier alpha value is -1.16. The zero-order valence-corrected chi connectivity index (χ0v) is 10.9. The van der Waals surface area contributed by atoms with Crippen molar-refractivity contribution in [3.8, 4) is 0 Å². The van der Waals surface area contributed by atoms with Gasteiger partial charge in [0.25, 0.3) is 0 Å². The summed E-state index contributed by atoms with van der Waals surface area (Å²) >= 11 is 0. The highest BCUT2D eigenvalue weighted by molar-refractivity contribution is 5.36. The van der Waals surface area contributed by atoms with E-state index in [1.54, 1.807) is 0 Å². The summed E-state index contributed by atoms with van der Waals surface area (Å²) in [6, 6.07) is 0. The molecular weight excluding hydrogens is 224 g/mol. The molecule has 0 spiro atoms. The van der Waals surface area contributed by atoms with Gasteiger partial charge < -0.3 is 10.6 Å². The predicted molar refractivity (Wildman–Crippen MR) is 72.2 cm³/mol. The van der Waals surface area contributed by atoms with Crippen LogP contribution < -0.4 is 10.6 Å². The van der Waals surface area contributed by atoms with E-state index in [0.717, 1.165) is 29.9 Å². The number of aromatic nitrogens is 2. The maximum atomic E-state index is 5.55. The molecule has 1 aliphatic carbocycles. The Morgan fingerprint density at radius 2 is 1.94 bits per heavy atom. The van der Waals surface area contributed by atoms with Crippen molar-refractivity contribution >= 4 is 5.82 Å². The molecule has 2 N–H and O–H groups in total. The monoisotopic (exact) mass is 246 g/mol. The van der Waals surface area contributed by atoms with Crippen LogP contribution in [0.1, 0.15) is 37.8 Å². The zero-order valence-electron chi connectivity index (χ0n) is 10.9. The fourth-order valence-electron chi connectivity index (χ4n) is 3.43. The lowest BCUT2D eigenvalue weighted by Crippen LogP contribution is -2.42. The molecule has 2 fully saturated rings. The van der Waals surface area contributed by atoms with Gasteiger partial charge in [-0.2, -0.15) is 0 Å². The molecule has 1 saturated heterocycles. The summed E-state index contributed by atoms with van der Waals surface area (Å²) < 4.78 is 0. The fraction of sp³-hybridized carbons (Fsp3) is 0.714. The molecule has 1 saturated carbocycles. The summed E-state index contributed by atoms with van der Waals surface area (Å²) in [5, 5.41) is 0. The smallest absolute Gasteiger partial charge is 0.147 e. The Morgan fingerprint density at radius 1 is 1.11 bits per heavy atom. The number of rotatable bonds is 2. The van der Waals surface area contributed by atoms with E-state index in [4.69, 9.17) is 5.73 Å². The lowest BCUT2D eigenvalue weighted by Gasteiger charge is -2.41. The largest absolute Gasteiger partial charge is 0.355 e. The summed E-state index contributed by atoms with van der Waals surface area (Å²) in [5.74, 6) is 2.87. The van der Waals surface area contributed by atoms with Crippen LogP contribution in [-0.2, 0) is 6.54 Å². The number of nitrogens with zero attached hydrogens (tertiary/aromatic N) is 3. The minimum absolute atomic E-state index is 0.470. The van der Waals surface area contributed by atoms with Crippen LogP contribution >= 0.6 is 0 Å². The van der Waals surface area contributed by atoms with Crippen molar-refractivity contribution in [2.75, 3.05) is 18.0 Å². The molecule has 4 nitrogen and oxygen atoms in total. The quantitative estimate of drug-likeness (QED) is 0.866. The molecule has 0 radical (unpaired) electrons. The number of hydrogen-bond acceptors (Lipinski definition) is 4. The van der Waals surface area contributed by atoms with Crippen LogP contribution in [0.5, 0.6) is 0 Å². The third-order valence-corrected chi connectivity index (χ3v) is 4.52. The molecule has 1 aliphatic heterocycles. The number of piperidine rings is 1. The first-order valence-electron chi connectivity index (χ1n) is 7.13. The Kier molecular flexibility index (Phi) is 3.46.